The Morgan fingerprint density at radius 1 is 1.60 bits per heavy atom. The van der Waals surface area contributed by atoms with Crippen molar-refractivity contribution in [3.63, 3.8) is 0 Å². The largest absolute Gasteiger partial charge is 0.468 e. The van der Waals surface area contributed by atoms with E-state index in [4.69, 9.17) is 9.15 Å². The molecule has 0 bridgehead atoms. The Hall–Kier alpha value is -1.56. The number of halogens is 1. The maximum atomic E-state index is 11.2. The molecule has 2 aromatic heterocycles. The summed E-state index contributed by atoms with van der Waals surface area (Å²) in [5.41, 5.74) is -0.278. The van der Waals surface area contributed by atoms with Crippen LogP contribution in [-0.2, 0) is 6.61 Å². The van der Waals surface area contributed by atoms with Gasteiger partial charge in [0.05, 0.1) is 12.6 Å². The molecule has 0 amide bonds. The van der Waals surface area contributed by atoms with Crippen LogP contribution in [0, 0.1) is 0 Å². The fourth-order valence-electron chi connectivity index (χ4n) is 1.00. The molecule has 0 aromatic carbocycles. The van der Waals surface area contributed by atoms with Crippen molar-refractivity contribution in [1.82, 2.24) is 9.97 Å². The molecule has 0 radical (unpaired) electrons. The minimum atomic E-state index is -0.278. The Morgan fingerprint density at radius 3 is 3.20 bits per heavy atom. The van der Waals surface area contributed by atoms with Crippen molar-refractivity contribution in [2.75, 3.05) is 0 Å². The molecule has 0 saturated heterocycles. The summed E-state index contributed by atoms with van der Waals surface area (Å²) in [7, 11) is 0. The van der Waals surface area contributed by atoms with Crippen LogP contribution < -0.4 is 10.3 Å². The first-order valence-electron chi connectivity index (χ1n) is 4.16. The van der Waals surface area contributed by atoms with E-state index in [0.717, 1.165) is 0 Å². The molecule has 2 heterocycles. The number of rotatable bonds is 3. The van der Waals surface area contributed by atoms with Crippen molar-refractivity contribution in [1.29, 1.82) is 0 Å². The molecular weight excluding hydrogens is 264 g/mol. The van der Waals surface area contributed by atoms with Crippen LogP contribution in [0.5, 0.6) is 5.88 Å². The highest BCUT2D eigenvalue weighted by Crippen LogP contribution is 2.17. The average Bonchev–Trinajstić information content (AvgIpc) is 2.73. The zero-order chi connectivity index (χ0) is 10.7. The molecule has 0 aliphatic heterocycles. The van der Waals surface area contributed by atoms with Crippen LogP contribution in [0.2, 0.25) is 0 Å². The Bertz CT molecular complexity index is 492. The summed E-state index contributed by atoms with van der Waals surface area (Å²) in [4.78, 5) is 17.4. The number of ether oxygens (including phenoxy) is 1. The molecule has 0 spiro atoms. The van der Waals surface area contributed by atoms with E-state index < -0.39 is 0 Å². The molecule has 6 heteroatoms. The highest BCUT2D eigenvalue weighted by molar-refractivity contribution is 9.10. The van der Waals surface area contributed by atoms with E-state index in [0.29, 0.717) is 5.76 Å². The SMILES string of the molecule is O=c1[nH]cnc(OCc2ccco2)c1Br. The van der Waals surface area contributed by atoms with Gasteiger partial charge in [0.2, 0.25) is 5.88 Å². The Kier molecular flexibility index (Phi) is 2.86. The normalized spacial score (nSPS) is 10.2. The van der Waals surface area contributed by atoms with Gasteiger partial charge in [0.15, 0.2) is 0 Å². The second-order valence-electron chi connectivity index (χ2n) is 2.72. The van der Waals surface area contributed by atoms with Gasteiger partial charge in [0.1, 0.15) is 16.8 Å². The molecule has 0 atom stereocenters. The number of hydrogen-bond acceptors (Lipinski definition) is 4. The number of furan rings is 1. The second-order valence-corrected chi connectivity index (χ2v) is 3.51. The van der Waals surface area contributed by atoms with E-state index in [2.05, 4.69) is 25.9 Å². The molecule has 2 aromatic rings. The first-order valence-corrected chi connectivity index (χ1v) is 4.95. The minimum absolute atomic E-state index is 0.238. The lowest BCUT2D eigenvalue weighted by atomic mass is 10.5. The highest BCUT2D eigenvalue weighted by Gasteiger charge is 2.07. The van der Waals surface area contributed by atoms with Gasteiger partial charge < -0.3 is 14.1 Å². The Balaban J connectivity index is 2.12. The van der Waals surface area contributed by atoms with Crippen LogP contribution in [-0.4, -0.2) is 9.97 Å². The van der Waals surface area contributed by atoms with Crippen molar-refractivity contribution in [3.05, 3.63) is 45.3 Å². The maximum Gasteiger partial charge on any atom is 0.268 e. The fraction of sp³-hybridized carbons (Fsp3) is 0.111. The van der Waals surface area contributed by atoms with Gasteiger partial charge in [-0.3, -0.25) is 4.79 Å². The van der Waals surface area contributed by atoms with Gasteiger partial charge in [-0.1, -0.05) is 0 Å². The maximum absolute atomic E-state index is 11.2. The first kappa shape index (κ1) is 9.97. The molecule has 78 valence electrons. The minimum Gasteiger partial charge on any atom is -0.468 e. The third kappa shape index (κ3) is 2.27. The summed E-state index contributed by atoms with van der Waals surface area (Å²) in [6.45, 7) is 0.238. The summed E-state index contributed by atoms with van der Waals surface area (Å²) in [6.07, 6.45) is 2.84. The predicted molar refractivity (Wildman–Crippen MR) is 55.6 cm³/mol. The molecule has 0 fully saturated rings. The van der Waals surface area contributed by atoms with E-state index in [1.807, 2.05) is 0 Å². The number of aromatic nitrogens is 2. The average molecular weight is 271 g/mol. The van der Waals surface area contributed by atoms with Gasteiger partial charge >= 0.3 is 0 Å². The standard InChI is InChI=1S/C9H7BrN2O3/c10-7-8(13)11-5-12-9(7)15-4-6-2-1-3-14-6/h1-3,5H,4H2,(H,11,12,13). The summed E-state index contributed by atoms with van der Waals surface area (Å²) in [6, 6.07) is 3.54. The van der Waals surface area contributed by atoms with Gasteiger partial charge in [0, 0.05) is 0 Å². The molecule has 1 N–H and O–H groups in total. The van der Waals surface area contributed by atoms with Crippen molar-refractivity contribution >= 4 is 15.9 Å². The highest BCUT2D eigenvalue weighted by atomic mass is 79.9. The lowest BCUT2D eigenvalue weighted by molar-refractivity contribution is 0.258. The van der Waals surface area contributed by atoms with E-state index in [9.17, 15) is 4.79 Å². The monoisotopic (exact) mass is 270 g/mol. The number of hydrogen-bond donors (Lipinski definition) is 1. The predicted octanol–water partition coefficient (Wildman–Crippen LogP) is 1.70. The molecular formula is C9H7BrN2O3. The van der Waals surface area contributed by atoms with Gasteiger partial charge in [0.25, 0.3) is 5.56 Å². The van der Waals surface area contributed by atoms with E-state index in [1.54, 1.807) is 18.4 Å². The smallest absolute Gasteiger partial charge is 0.268 e. The lowest BCUT2D eigenvalue weighted by Crippen LogP contribution is -2.09. The molecule has 5 nitrogen and oxygen atoms in total. The molecule has 2 rings (SSSR count). The van der Waals surface area contributed by atoms with Crippen molar-refractivity contribution in [2.24, 2.45) is 0 Å². The van der Waals surface area contributed by atoms with Gasteiger partial charge in [-0.25, -0.2) is 4.98 Å². The summed E-state index contributed by atoms with van der Waals surface area (Å²) in [5.74, 6) is 0.916. The van der Waals surface area contributed by atoms with Crippen LogP contribution in [0.25, 0.3) is 0 Å². The topological polar surface area (TPSA) is 68.1 Å². The molecule has 0 unspecified atom stereocenters. The van der Waals surface area contributed by atoms with Crippen LogP contribution in [0.3, 0.4) is 0 Å². The van der Waals surface area contributed by atoms with Gasteiger partial charge in [-0.15, -0.1) is 0 Å². The van der Waals surface area contributed by atoms with E-state index in [-0.39, 0.29) is 22.5 Å². The van der Waals surface area contributed by atoms with E-state index in [1.165, 1.54) is 6.33 Å². The molecule has 0 saturated carbocycles. The van der Waals surface area contributed by atoms with Gasteiger partial charge in [-0.05, 0) is 28.1 Å². The second kappa shape index (κ2) is 4.31. The number of aromatic amines is 1. The zero-order valence-corrected chi connectivity index (χ0v) is 9.15. The fourth-order valence-corrected chi connectivity index (χ4v) is 1.33. The number of nitrogens with one attached hydrogen (secondary N) is 1. The summed E-state index contributed by atoms with van der Waals surface area (Å²) < 4.78 is 10.6. The Labute approximate surface area is 93.2 Å². The lowest BCUT2D eigenvalue weighted by Gasteiger charge is -2.03. The van der Waals surface area contributed by atoms with Crippen molar-refractivity contribution in [3.8, 4) is 5.88 Å². The van der Waals surface area contributed by atoms with Crippen LogP contribution >= 0.6 is 15.9 Å². The third-order valence-corrected chi connectivity index (χ3v) is 2.40. The molecule has 0 aliphatic carbocycles. The van der Waals surface area contributed by atoms with Gasteiger partial charge in [-0.2, -0.15) is 0 Å². The number of nitrogens with zero attached hydrogens (tertiary/aromatic N) is 1. The summed E-state index contributed by atoms with van der Waals surface area (Å²) >= 11 is 3.08. The third-order valence-electron chi connectivity index (χ3n) is 1.70. The molecule has 15 heavy (non-hydrogen) atoms. The number of H-pyrrole nitrogens is 1. The van der Waals surface area contributed by atoms with Crippen molar-refractivity contribution < 1.29 is 9.15 Å². The Morgan fingerprint density at radius 2 is 2.47 bits per heavy atom. The summed E-state index contributed by atoms with van der Waals surface area (Å²) in [5, 5.41) is 0. The first-order chi connectivity index (χ1) is 7.27. The van der Waals surface area contributed by atoms with Crippen molar-refractivity contribution in [2.45, 2.75) is 6.61 Å². The molecule has 0 aliphatic rings. The zero-order valence-electron chi connectivity index (χ0n) is 7.57. The van der Waals surface area contributed by atoms with Crippen LogP contribution in [0.15, 0.2) is 38.4 Å². The van der Waals surface area contributed by atoms with Crippen LogP contribution in [0.1, 0.15) is 5.76 Å². The van der Waals surface area contributed by atoms with E-state index >= 15 is 0 Å². The van der Waals surface area contributed by atoms with Crippen LogP contribution in [0.4, 0.5) is 0 Å². The quantitative estimate of drug-likeness (QED) is 0.922.